The van der Waals surface area contributed by atoms with Crippen LogP contribution in [0.25, 0.3) is 10.8 Å². The number of aromatic amines is 1. The second-order valence-corrected chi connectivity index (χ2v) is 10.8. The first-order valence-electron chi connectivity index (χ1n) is 12.1. The van der Waals surface area contributed by atoms with E-state index in [0.29, 0.717) is 43.8 Å². The zero-order valence-corrected chi connectivity index (χ0v) is 21.1. The molecule has 4 rings (SSSR count). The van der Waals surface area contributed by atoms with Gasteiger partial charge in [0.25, 0.3) is 0 Å². The molecule has 1 fully saturated rings. The molecule has 0 bridgehead atoms. The largest absolute Gasteiger partial charge is 0.377 e. The van der Waals surface area contributed by atoms with Crippen LogP contribution in [0.4, 0.5) is 11.6 Å². The fourth-order valence-corrected chi connectivity index (χ4v) is 6.03. The van der Waals surface area contributed by atoms with Crippen LogP contribution >= 0.6 is 0 Å². The molecular weight excluding hydrogens is 464 g/mol. The molecule has 2 aromatic carbocycles. The lowest BCUT2D eigenvalue weighted by Crippen LogP contribution is -2.50. The smallest absolute Gasteiger partial charge is 0.241 e. The van der Waals surface area contributed by atoms with Gasteiger partial charge in [0, 0.05) is 62.6 Å². The van der Waals surface area contributed by atoms with E-state index in [1.54, 1.807) is 29.4 Å². The van der Waals surface area contributed by atoms with Crippen molar-refractivity contribution in [1.29, 1.82) is 0 Å². The second-order valence-electron chi connectivity index (χ2n) is 9.09. The number of aromatic nitrogens is 2. The molecule has 9 nitrogen and oxygen atoms in total. The average Bonchev–Trinajstić information content (AvgIpc) is 3.38. The number of piperidine rings is 1. The molecule has 0 radical (unpaired) electrons. The molecule has 0 saturated carbocycles. The number of anilines is 2. The van der Waals surface area contributed by atoms with Crippen LogP contribution in [0.1, 0.15) is 32.1 Å². The summed E-state index contributed by atoms with van der Waals surface area (Å²) in [6, 6.07) is 10.1. The fourth-order valence-electron chi connectivity index (χ4n) is 4.58. The van der Waals surface area contributed by atoms with Crippen LogP contribution in [-0.2, 0) is 14.8 Å². The van der Waals surface area contributed by atoms with Crippen LogP contribution in [0.2, 0.25) is 0 Å². The third-order valence-electron chi connectivity index (χ3n) is 6.35. The van der Waals surface area contributed by atoms with Crippen LogP contribution in [0.15, 0.2) is 53.7 Å². The summed E-state index contributed by atoms with van der Waals surface area (Å²) >= 11 is 0. The number of likely N-dealkylation sites (tertiary alicyclic amines) is 1. The predicted octanol–water partition coefficient (Wildman–Crippen LogP) is 3.18. The normalized spacial score (nSPS) is 15.2. The number of hydrogen-bond donors (Lipinski definition) is 3. The van der Waals surface area contributed by atoms with E-state index in [2.05, 4.69) is 20.0 Å². The Morgan fingerprint density at radius 2 is 1.86 bits per heavy atom. The monoisotopic (exact) mass is 498 g/mol. The van der Waals surface area contributed by atoms with E-state index in [9.17, 15) is 13.2 Å². The zero-order chi connectivity index (χ0) is 24.8. The third-order valence-corrected chi connectivity index (χ3v) is 7.88. The quantitative estimate of drug-likeness (QED) is 0.370. The predicted molar refractivity (Wildman–Crippen MR) is 139 cm³/mol. The van der Waals surface area contributed by atoms with E-state index in [0.717, 1.165) is 30.3 Å². The molecule has 188 valence electrons. The van der Waals surface area contributed by atoms with Gasteiger partial charge in [-0.3, -0.25) is 4.79 Å². The van der Waals surface area contributed by atoms with Gasteiger partial charge >= 0.3 is 0 Å². The first-order valence-corrected chi connectivity index (χ1v) is 13.6. The van der Waals surface area contributed by atoms with Crippen molar-refractivity contribution in [2.24, 2.45) is 0 Å². The van der Waals surface area contributed by atoms with Crippen LogP contribution in [0, 0.1) is 0 Å². The number of benzene rings is 2. The molecule has 35 heavy (non-hydrogen) atoms. The first-order chi connectivity index (χ1) is 16.9. The topological polar surface area (TPSA) is 110 Å². The number of nitrogens with one attached hydrogen (secondary N) is 3. The maximum Gasteiger partial charge on any atom is 0.241 e. The number of H-pyrrole nitrogens is 1. The molecule has 0 aliphatic carbocycles. The molecule has 0 spiro atoms. The van der Waals surface area contributed by atoms with Crippen molar-refractivity contribution in [2.75, 3.05) is 43.9 Å². The summed E-state index contributed by atoms with van der Waals surface area (Å²) < 4.78 is 30.0. The van der Waals surface area contributed by atoms with Crippen molar-refractivity contribution >= 4 is 38.3 Å². The Labute approximate surface area is 207 Å². The van der Waals surface area contributed by atoms with Gasteiger partial charge in [0.2, 0.25) is 15.9 Å². The lowest BCUT2D eigenvalue weighted by atomic mass is 10.1. The highest BCUT2D eigenvalue weighted by Crippen LogP contribution is 2.30. The Morgan fingerprint density at radius 1 is 1.11 bits per heavy atom. The van der Waals surface area contributed by atoms with Crippen LogP contribution < -0.4 is 14.9 Å². The summed E-state index contributed by atoms with van der Waals surface area (Å²) in [5, 5.41) is 4.64. The Hall–Kier alpha value is -3.11. The number of fused-ring (bicyclic) bond motifs is 1. The van der Waals surface area contributed by atoms with Crippen molar-refractivity contribution in [1.82, 2.24) is 19.6 Å². The highest BCUT2D eigenvalue weighted by molar-refractivity contribution is 7.89. The van der Waals surface area contributed by atoms with Crippen LogP contribution in [-0.4, -0.2) is 69.0 Å². The van der Waals surface area contributed by atoms with Crippen molar-refractivity contribution in [3.05, 3.63) is 48.8 Å². The van der Waals surface area contributed by atoms with Gasteiger partial charge in [0.15, 0.2) is 5.95 Å². The molecule has 10 heteroatoms. The molecule has 2 heterocycles. The molecule has 0 unspecified atom stereocenters. The minimum absolute atomic E-state index is 0.152. The van der Waals surface area contributed by atoms with E-state index in [-0.39, 0.29) is 10.8 Å². The summed E-state index contributed by atoms with van der Waals surface area (Å²) in [7, 11) is -0.0898. The van der Waals surface area contributed by atoms with E-state index >= 15 is 0 Å². The summed E-state index contributed by atoms with van der Waals surface area (Å²) in [6.07, 6.45) is 7.36. The Kier molecular flexibility index (Phi) is 7.92. The summed E-state index contributed by atoms with van der Waals surface area (Å²) in [5.74, 6) is 0.498. The number of rotatable bonds is 10. The third kappa shape index (κ3) is 5.94. The molecule has 1 aliphatic rings. The standard InChI is InChI=1S/C25H34N6O3S/c1-30(2)22-12-6-10-20-19(22)9-7-13-23(20)35(33,34)29-21(24(32)31-17-4-3-5-18-31)11-8-14-26-25-27-15-16-28-25/h6-7,9-10,12-13,15-16,21,29H,3-5,8,11,14,17-18H2,1-2H3,(H2,26,27,28)/t21-/m0/s1. The molecule has 1 aromatic heterocycles. The minimum atomic E-state index is -3.95. The van der Waals surface area contributed by atoms with Gasteiger partial charge in [-0.05, 0) is 44.2 Å². The zero-order valence-electron chi connectivity index (χ0n) is 20.3. The summed E-state index contributed by atoms with van der Waals surface area (Å²) in [5.41, 5.74) is 0.935. The van der Waals surface area contributed by atoms with E-state index < -0.39 is 16.1 Å². The number of carbonyl (C=O) groups excluding carboxylic acids is 1. The van der Waals surface area contributed by atoms with Gasteiger partial charge in [-0.1, -0.05) is 24.3 Å². The van der Waals surface area contributed by atoms with Crippen molar-refractivity contribution in [3.8, 4) is 0 Å². The van der Waals surface area contributed by atoms with Crippen molar-refractivity contribution < 1.29 is 13.2 Å². The lowest BCUT2D eigenvalue weighted by molar-refractivity contribution is -0.134. The molecule has 1 atom stereocenters. The Balaban J connectivity index is 1.57. The van der Waals surface area contributed by atoms with Crippen LogP contribution in [0.5, 0.6) is 0 Å². The molecular formula is C25H34N6O3S. The summed E-state index contributed by atoms with van der Waals surface area (Å²) in [6.45, 7) is 1.91. The lowest BCUT2D eigenvalue weighted by Gasteiger charge is -2.31. The number of sulfonamides is 1. The minimum Gasteiger partial charge on any atom is -0.377 e. The van der Waals surface area contributed by atoms with Gasteiger partial charge < -0.3 is 20.1 Å². The number of carbonyl (C=O) groups is 1. The van der Waals surface area contributed by atoms with Gasteiger partial charge in [-0.15, -0.1) is 0 Å². The van der Waals surface area contributed by atoms with Crippen molar-refractivity contribution in [3.63, 3.8) is 0 Å². The van der Waals surface area contributed by atoms with Gasteiger partial charge in [0.05, 0.1) is 4.90 Å². The van der Waals surface area contributed by atoms with Gasteiger partial charge in [-0.25, -0.2) is 13.4 Å². The number of amides is 1. The number of imidazole rings is 1. The fraction of sp³-hybridized carbons (Fsp3) is 0.440. The molecule has 1 amide bonds. The molecule has 3 aromatic rings. The Morgan fingerprint density at radius 3 is 2.57 bits per heavy atom. The second kappa shape index (κ2) is 11.1. The summed E-state index contributed by atoms with van der Waals surface area (Å²) in [4.78, 5) is 24.4. The maximum absolute atomic E-state index is 13.6. The van der Waals surface area contributed by atoms with E-state index in [1.165, 1.54) is 0 Å². The van der Waals surface area contributed by atoms with Gasteiger partial charge in [-0.2, -0.15) is 4.72 Å². The van der Waals surface area contributed by atoms with E-state index in [1.807, 2.05) is 43.3 Å². The molecule has 1 saturated heterocycles. The average molecular weight is 499 g/mol. The Bertz CT molecular complexity index is 1240. The molecule has 3 N–H and O–H groups in total. The highest BCUT2D eigenvalue weighted by Gasteiger charge is 2.30. The van der Waals surface area contributed by atoms with Gasteiger partial charge in [0.1, 0.15) is 6.04 Å². The van der Waals surface area contributed by atoms with Crippen LogP contribution in [0.3, 0.4) is 0 Å². The molecule has 1 aliphatic heterocycles. The number of nitrogens with zero attached hydrogens (tertiary/aromatic N) is 3. The number of hydrogen-bond acceptors (Lipinski definition) is 6. The van der Waals surface area contributed by atoms with Crippen molar-refractivity contribution in [2.45, 2.75) is 43.0 Å². The van der Waals surface area contributed by atoms with E-state index in [4.69, 9.17) is 0 Å². The SMILES string of the molecule is CN(C)c1cccc2c(S(=O)(=O)N[C@@H](CCCNc3ncc[nH]3)C(=O)N3CCCCC3)cccc12. The maximum atomic E-state index is 13.6. The first kappa shape index (κ1) is 25.0. The highest BCUT2D eigenvalue weighted by atomic mass is 32.2.